The van der Waals surface area contributed by atoms with Crippen LogP contribution in [-0.2, 0) is 0 Å². The van der Waals surface area contributed by atoms with Gasteiger partial charge in [0.1, 0.15) is 11.3 Å². The first-order valence-corrected chi connectivity index (χ1v) is 7.16. The molecule has 2 N–H and O–H groups in total. The number of aryl methyl sites for hydroxylation is 1. The van der Waals surface area contributed by atoms with E-state index in [0.717, 1.165) is 9.86 Å². The predicted octanol–water partition coefficient (Wildman–Crippen LogP) is 4.83. The van der Waals surface area contributed by atoms with Crippen molar-refractivity contribution < 1.29 is 13.2 Å². The predicted molar refractivity (Wildman–Crippen MR) is 81.0 cm³/mol. The average Bonchev–Trinajstić information content (AvgIpc) is 2.90. The summed E-state index contributed by atoms with van der Waals surface area (Å²) in [5.74, 6) is -1.42. The topological polar surface area (TPSA) is 39.2 Å². The number of hydrogen-bond donors (Lipinski definition) is 1. The first kappa shape index (κ1) is 14.2. The van der Waals surface area contributed by atoms with E-state index in [4.69, 9.17) is 10.2 Å². The zero-order chi connectivity index (χ0) is 15.1. The Morgan fingerprint density at radius 1 is 1.14 bits per heavy atom. The number of furan rings is 1. The van der Waals surface area contributed by atoms with Crippen molar-refractivity contribution in [3.63, 3.8) is 0 Å². The monoisotopic (exact) mass is 351 g/mol. The molecule has 1 unspecified atom stereocenters. The molecule has 0 saturated carbocycles. The highest BCUT2D eigenvalue weighted by Crippen LogP contribution is 2.32. The average molecular weight is 352 g/mol. The molecular weight excluding hydrogens is 340 g/mol. The van der Waals surface area contributed by atoms with Gasteiger partial charge in [-0.1, -0.05) is 24.3 Å². The molecule has 5 heteroatoms. The molecule has 108 valence electrons. The zero-order valence-electron chi connectivity index (χ0n) is 11.2. The zero-order valence-corrected chi connectivity index (χ0v) is 12.7. The highest BCUT2D eigenvalue weighted by molar-refractivity contribution is 9.10. The number of rotatable bonds is 2. The van der Waals surface area contributed by atoms with Crippen molar-refractivity contribution in [3.05, 3.63) is 69.4 Å². The van der Waals surface area contributed by atoms with Crippen LogP contribution in [0.3, 0.4) is 0 Å². The minimum Gasteiger partial charge on any atom is -0.458 e. The van der Waals surface area contributed by atoms with Gasteiger partial charge in [-0.05, 0) is 40.5 Å². The van der Waals surface area contributed by atoms with E-state index < -0.39 is 17.7 Å². The lowest BCUT2D eigenvalue weighted by Crippen LogP contribution is -2.14. The fourth-order valence-corrected chi connectivity index (χ4v) is 2.72. The van der Waals surface area contributed by atoms with E-state index in [0.29, 0.717) is 11.3 Å². The number of halogens is 3. The lowest BCUT2D eigenvalue weighted by molar-refractivity contribution is 0.472. The molecule has 0 radical (unpaired) electrons. The van der Waals surface area contributed by atoms with Gasteiger partial charge < -0.3 is 10.2 Å². The van der Waals surface area contributed by atoms with E-state index in [1.54, 1.807) is 6.07 Å². The van der Waals surface area contributed by atoms with Crippen LogP contribution in [0.5, 0.6) is 0 Å². The van der Waals surface area contributed by atoms with Gasteiger partial charge in [-0.25, -0.2) is 8.78 Å². The largest absolute Gasteiger partial charge is 0.458 e. The van der Waals surface area contributed by atoms with E-state index in [9.17, 15) is 8.78 Å². The summed E-state index contributed by atoms with van der Waals surface area (Å²) in [5.41, 5.74) is 6.99. The normalized spacial score (nSPS) is 12.8. The molecule has 0 aliphatic carbocycles. The van der Waals surface area contributed by atoms with Crippen molar-refractivity contribution in [2.45, 2.75) is 13.0 Å². The van der Waals surface area contributed by atoms with Crippen LogP contribution < -0.4 is 5.73 Å². The van der Waals surface area contributed by atoms with Crippen LogP contribution in [0.1, 0.15) is 22.9 Å². The summed E-state index contributed by atoms with van der Waals surface area (Å²) in [6, 6.07) is 9.44. The SMILES string of the molecule is Cc1ccc(C(N)c2cc3cccc(Br)c3o2)c(F)c1F. The second kappa shape index (κ2) is 5.24. The number of benzene rings is 2. The summed E-state index contributed by atoms with van der Waals surface area (Å²) in [6.07, 6.45) is 0. The van der Waals surface area contributed by atoms with E-state index in [1.807, 2.05) is 18.2 Å². The molecule has 3 aromatic rings. The van der Waals surface area contributed by atoms with Crippen molar-refractivity contribution in [1.29, 1.82) is 0 Å². The number of nitrogens with two attached hydrogens (primary N) is 1. The third-order valence-electron chi connectivity index (χ3n) is 3.46. The van der Waals surface area contributed by atoms with Gasteiger partial charge in [-0.2, -0.15) is 0 Å². The van der Waals surface area contributed by atoms with Gasteiger partial charge in [0.2, 0.25) is 0 Å². The quantitative estimate of drug-likeness (QED) is 0.718. The minimum absolute atomic E-state index is 0.0771. The Morgan fingerprint density at radius 3 is 2.62 bits per heavy atom. The van der Waals surface area contributed by atoms with Crippen LogP contribution in [-0.4, -0.2) is 0 Å². The molecule has 21 heavy (non-hydrogen) atoms. The van der Waals surface area contributed by atoms with Crippen LogP contribution in [0.2, 0.25) is 0 Å². The molecule has 1 aromatic heterocycles. The first-order chi connectivity index (χ1) is 9.99. The van der Waals surface area contributed by atoms with Crippen molar-refractivity contribution in [1.82, 2.24) is 0 Å². The van der Waals surface area contributed by atoms with Crippen LogP contribution in [0.15, 0.2) is 45.3 Å². The number of hydrogen-bond acceptors (Lipinski definition) is 2. The fourth-order valence-electron chi connectivity index (χ4n) is 2.26. The van der Waals surface area contributed by atoms with Crippen molar-refractivity contribution in [2.24, 2.45) is 5.73 Å². The van der Waals surface area contributed by atoms with Gasteiger partial charge in [-0.3, -0.25) is 0 Å². The van der Waals surface area contributed by atoms with Crippen molar-refractivity contribution >= 4 is 26.9 Å². The third-order valence-corrected chi connectivity index (χ3v) is 4.09. The molecule has 0 saturated heterocycles. The summed E-state index contributed by atoms with van der Waals surface area (Å²) in [6.45, 7) is 1.51. The van der Waals surface area contributed by atoms with Gasteiger partial charge in [0.25, 0.3) is 0 Å². The molecule has 2 aromatic carbocycles. The number of para-hydroxylation sites is 1. The Kier molecular flexibility index (Phi) is 3.55. The van der Waals surface area contributed by atoms with Crippen LogP contribution >= 0.6 is 15.9 Å². The smallest absolute Gasteiger partial charge is 0.164 e. The standard InChI is InChI=1S/C16H12BrF2NO/c1-8-5-6-10(14(19)13(8)18)15(20)12-7-9-3-2-4-11(17)16(9)21-12/h2-7,15H,20H2,1H3. The van der Waals surface area contributed by atoms with Crippen LogP contribution in [0, 0.1) is 18.6 Å². The molecular formula is C16H12BrF2NO. The van der Waals surface area contributed by atoms with Gasteiger partial charge in [0, 0.05) is 10.9 Å². The lowest BCUT2D eigenvalue weighted by Gasteiger charge is -2.11. The van der Waals surface area contributed by atoms with Crippen LogP contribution in [0.25, 0.3) is 11.0 Å². The Balaban J connectivity index is 2.10. The summed E-state index contributed by atoms with van der Waals surface area (Å²) in [5, 5.41) is 0.850. The molecule has 1 heterocycles. The maximum absolute atomic E-state index is 14.0. The van der Waals surface area contributed by atoms with E-state index in [1.165, 1.54) is 19.1 Å². The summed E-state index contributed by atoms with van der Waals surface area (Å²) in [7, 11) is 0. The van der Waals surface area contributed by atoms with E-state index >= 15 is 0 Å². The molecule has 0 spiro atoms. The Hall–Kier alpha value is -1.72. The molecule has 0 amide bonds. The Morgan fingerprint density at radius 2 is 1.90 bits per heavy atom. The maximum atomic E-state index is 14.0. The van der Waals surface area contributed by atoms with Gasteiger partial charge >= 0.3 is 0 Å². The van der Waals surface area contributed by atoms with Gasteiger partial charge in [0.15, 0.2) is 11.6 Å². The molecule has 0 aliphatic heterocycles. The fraction of sp³-hybridized carbons (Fsp3) is 0.125. The van der Waals surface area contributed by atoms with Gasteiger partial charge in [0.05, 0.1) is 10.5 Å². The Bertz CT molecular complexity index is 829. The molecule has 2 nitrogen and oxygen atoms in total. The number of fused-ring (bicyclic) bond motifs is 1. The van der Waals surface area contributed by atoms with Crippen LogP contribution in [0.4, 0.5) is 8.78 Å². The second-order valence-electron chi connectivity index (χ2n) is 4.88. The minimum atomic E-state index is -0.929. The summed E-state index contributed by atoms with van der Waals surface area (Å²) in [4.78, 5) is 0. The third kappa shape index (κ3) is 2.36. The highest BCUT2D eigenvalue weighted by Gasteiger charge is 2.21. The van der Waals surface area contributed by atoms with Crippen molar-refractivity contribution in [2.75, 3.05) is 0 Å². The maximum Gasteiger partial charge on any atom is 0.164 e. The molecule has 0 fully saturated rings. The van der Waals surface area contributed by atoms with Gasteiger partial charge in [-0.15, -0.1) is 0 Å². The van der Waals surface area contributed by atoms with E-state index in [-0.39, 0.29) is 11.1 Å². The first-order valence-electron chi connectivity index (χ1n) is 6.37. The molecule has 3 rings (SSSR count). The lowest BCUT2D eigenvalue weighted by atomic mass is 10.0. The summed E-state index contributed by atoms with van der Waals surface area (Å²) < 4.78 is 34.2. The Labute approximate surface area is 128 Å². The molecule has 1 atom stereocenters. The highest BCUT2D eigenvalue weighted by atomic mass is 79.9. The summed E-state index contributed by atoms with van der Waals surface area (Å²) >= 11 is 3.38. The van der Waals surface area contributed by atoms with Crippen molar-refractivity contribution in [3.8, 4) is 0 Å². The second-order valence-corrected chi connectivity index (χ2v) is 5.74. The molecule has 0 bridgehead atoms. The molecule has 0 aliphatic rings. The van der Waals surface area contributed by atoms with E-state index in [2.05, 4.69) is 15.9 Å².